The van der Waals surface area contributed by atoms with E-state index in [-0.39, 0.29) is 17.6 Å². The van der Waals surface area contributed by atoms with Crippen LogP contribution in [0.1, 0.15) is 50.5 Å². The van der Waals surface area contributed by atoms with Gasteiger partial charge in [-0.15, -0.1) is 0 Å². The molecule has 1 fully saturated rings. The molecule has 2 aromatic rings. The quantitative estimate of drug-likeness (QED) is 0.770. The fourth-order valence-corrected chi connectivity index (χ4v) is 3.90. The molecular weight excluding hydrogens is 354 g/mol. The van der Waals surface area contributed by atoms with E-state index in [0.717, 1.165) is 30.3 Å². The molecule has 0 unspecified atom stereocenters. The third-order valence-corrected chi connectivity index (χ3v) is 5.39. The highest BCUT2D eigenvalue weighted by Crippen LogP contribution is 2.39. The van der Waals surface area contributed by atoms with Crippen molar-refractivity contribution >= 4 is 17.3 Å². The lowest BCUT2D eigenvalue weighted by molar-refractivity contribution is 0.292. The van der Waals surface area contributed by atoms with E-state index in [1.165, 1.54) is 5.56 Å². The molecule has 3 rings (SSSR count). The highest BCUT2D eigenvalue weighted by atomic mass is 32.1. The van der Waals surface area contributed by atoms with Crippen molar-refractivity contribution in [1.82, 2.24) is 24.7 Å². The summed E-state index contributed by atoms with van der Waals surface area (Å²) in [6, 6.07) is 8.51. The molecular formula is C21H31N5S. The normalized spacial score (nSPS) is 20.4. The smallest absolute Gasteiger partial charge is 0.170 e. The summed E-state index contributed by atoms with van der Waals surface area (Å²) >= 11 is 5.72. The van der Waals surface area contributed by atoms with Gasteiger partial charge < -0.3 is 19.7 Å². The molecule has 0 amide bonds. The third-order valence-electron chi connectivity index (χ3n) is 5.03. The van der Waals surface area contributed by atoms with E-state index in [4.69, 9.17) is 12.2 Å². The largest absolute Gasteiger partial charge is 0.352 e. The van der Waals surface area contributed by atoms with Crippen LogP contribution in [0.2, 0.25) is 0 Å². The van der Waals surface area contributed by atoms with Crippen LogP contribution in [0, 0.1) is 0 Å². The predicted molar refractivity (Wildman–Crippen MR) is 115 cm³/mol. The first-order chi connectivity index (χ1) is 12.8. The zero-order chi connectivity index (χ0) is 19.6. The van der Waals surface area contributed by atoms with Crippen LogP contribution < -0.4 is 5.32 Å². The minimum Gasteiger partial charge on any atom is -0.352 e. The summed E-state index contributed by atoms with van der Waals surface area (Å²) in [6.07, 6.45) is 7.35. The summed E-state index contributed by atoms with van der Waals surface area (Å²) in [6.45, 7) is 8.64. The lowest BCUT2D eigenvalue weighted by atomic mass is 9.99. The van der Waals surface area contributed by atoms with E-state index in [2.05, 4.69) is 84.1 Å². The Bertz CT molecular complexity index is 762. The second-order valence-corrected chi connectivity index (χ2v) is 8.89. The lowest BCUT2D eigenvalue weighted by Gasteiger charge is -2.28. The second-order valence-electron chi connectivity index (χ2n) is 8.50. The Hall–Kier alpha value is -1.92. The predicted octanol–water partition coefficient (Wildman–Crippen LogP) is 3.56. The number of aromatic nitrogens is 2. The summed E-state index contributed by atoms with van der Waals surface area (Å²) in [4.78, 5) is 9.16. The van der Waals surface area contributed by atoms with E-state index in [1.54, 1.807) is 0 Å². The molecule has 0 bridgehead atoms. The van der Waals surface area contributed by atoms with Crippen molar-refractivity contribution in [2.75, 3.05) is 27.2 Å². The molecule has 5 nitrogen and oxygen atoms in total. The van der Waals surface area contributed by atoms with Crippen molar-refractivity contribution in [3.8, 4) is 0 Å². The maximum atomic E-state index is 5.72. The average Bonchev–Trinajstić information content (AvgIpc) is 3.20. The van der Waals surface area contributed by atoms with Gasteiger partial charge >= 0.3 is 0 Å². The molecule has 1 saturated heterocycles. The van der Waals surface area contributed by atoms with Gasteiger partial charge in [0.2, 0.25) is 0 Å². The minimum absolute atomic E-state index is 0.0566. The number of pyridine rings is 1. The van der Waals surface area contributed by atoms with Gasteiger partial charge in [-0.2, -0.15) is 0 Å². The zero-order valence-electron chi connectivity index (χ0n) is 17.0. The van der Waals surface area contributed by atoms with Gasteiger partial charge in [-0.3, -0.25) is 4.98 Å². The van der Waals surface area contributed by atoms with Crippen molar-refractivity contribution in [3.63, 3.8) is 0 Å². The van der Waals surface area contributed by atoms with E-state index < -0.39 is 0 Å². The number of rotatable bonds is 6. The first-order valence-corrected chi connectivity index (χ1v) is 9.99. The Labute approximate surface area is 168 Å². The second kappa shape index (κ2) is 7.98. The van der Waals surface area contributed by atoms with Crippen LogP contribution in [0.3, 0.4) is 0 Å². The van der Waals surface area contributed by atoms with Crippen LogP contribution in [-0.4, -0.2) is 51.6 Å². The first kappa shape index (κ1) is 19.8. The Kier molecular flexibility index (Phi) is 5.86. The molecule has 3 heterocycles. The number of hydrogen-bond acceptors (Lipinski definition) is 3. The van der Waals surface area contributed by atoms with Crippen LogP contribution in [0.4, 0.5) is 0 Å². The van der Waals surface area contributed by atoms with E-state index >= 15 is 0 Å². The fourth-order valence-electron chi connectivity index (χ4n) is 3.57. The Morgan fingerprint density at radius 2 is 2.00 bits per heavy atom. The van der Waals surface area contributed by atoms with Crippen LogP contribution in [-0.2, 0) is 5.54 Å². The van der Waals surface area contributed by atoms with Crippen LogP contribution in [0.5, 0.6) is 0 Å². The number of nitrogens with zero attached hydrogens (tertiary/aromatic N) is 4. The summed E-state index contributed by atoms with van der Waals surface area (Å²) in [7, 11) is 4.22. The van der Waals surface area contributed by atoms with E-state index in [9.17, 15) is 0 Å². The monoisotopic (exact) mass is 385 g/mol. The molecule has 1 aliphatic rings. The highest BCUT2D eigenvalue weighted by molar-refractivity contribution is 7.80. The molecule has 0 spiro atoms. The van der Waals surface area contributed by atoms with Crippen molar-refractivity contribution in [2.45, 2.75) is 44.8 Å². The van der Waals surface area contributed by atoms with Gasteiger partial charge in [-0.1, -0.05) is 6.07 Å². The summed E-state index contributed by atoms with van der Waals surface area (Å²) < 4.78 is 2.27. The van der Waals surface area contributed by atoms with Crippen LogP contribution in [0.15, 0.2) is 42.9 Å². The van der Waals surface area contributed by atoms with Gasteiger partial charge in [-0.25, -0.2) is 0 Å². The number of nitrogens with one attached hydrogen (secondary N) is 1. The summed E-state index contributed by atoms with van der Waals surface area (Å²) in [5.74, 6) is 0. The standard InChI is InChI=1S/C21H31N5S/c1-21(2,3)25-14-10-16(15-25)19-18(17-9-6-7-11-22-17)23-20(27)26(19)13-8-12-24(4)5/h6-7,9-11,14-15,18-19H,8,12-13H2,1-5H3,(H,23,27)/t18-,19-/m1/s1. The third kappa shape index (κ3) is 4.50. The molecule has 146 valence electrons. The first-order valence-electron chi connectivity index (χ1n) is 9.58. The molecule has 0 aliphatic carbocycles. The fraction of sp³-hybridized carbons (Fsp3) is 0.524. The van der Waals surface area contributed by atoms with Crippen LogP contribution in [0.25, 0.3) is 0 Å². The molecule has 6 heteroatoms. The lowest BCUT2D eigenvalue weighted by Crippen LogP contribution is -2.32. The Morgan fingerprint density at radius 1 is 1.22 bits per heavy atom. The van der Waals surface area contributed by atoms with E-state index in [0.29, 0.717) is 0 Å². The number of thiocarbonyl (C=S) groups is 1. The Morgan fingerprint density at radius 3 is 2.59 bits per heavy atom. The minimum atomic E-state index is 0.0566. The van der Waals surface area contributed by atoms with Gasteiger partial charge in [0.05, 0.1) is 17.8 Å². The molecule has 2 atom stereocenters. The maximum Gasteiger partial charge on any atom is 0.170 e. The van der Waals surface area contributed by atoms with Gasteiger partial charge in [0.25, 0.3) is 0 Å². The van der Waals surface area contributed by atoms with Crippen molar-refractivity contribution < 1.29 is 0 Å². The van der Waals surface area contributed by atoms with Crippen molar-refractivity contribution in [3.05, 3.63) is 54.1 Å². The topological polar surface area (TPSA) is 36.3 Å². The van der Waals surface area contributed by atoms with Gasteiger partial charge in [-0.05, 0) is 83.8 Å². The zero-order valence-corrected chi connectivity index (χ0v) is 17.8. The SMILES string of the molecule is CN(C)CCCN1C(=S)N[C@H](c2ccccn2)[C@H]1c1ccn(C(C)(C)C)c1. The summed E-state index contributed by atoms with van der Waals surface area (Å²) in [5, 5.41) is 4.34. The number of hydrogen-bond donors (Lipinski definition) is 1. The van der Waals surface area contributed by atoms with Crippen molar-refractivity contribution in [2.24, 2.45) is 0 Å². The molecule has 0 aromatic carbocycles. The molecule has 1 aliphatic heterocycles. The van der Waals surface area contributed by atoms with Crippen molar-refractivity contribution in [1.29, 1.82) is 0 Å². The molecule has 2 aromatic heterocycles. The Balaban J connectivity index is 1.92. The summed E-state index contributed by atoms with van der Waals surface area (Å²) in [5.41, 5.74) is 2.36. The maximum absolute atomic E-state index is 5.72. The van der Waals surface area contributed by atoms with Gasteiger partial charge in [0, 0.05) is 30.7 Å². The molecule has 0 saturated carbocycles. The van der Waals surface area contributed by atoms with E-state index in [1.807, 2.05) is 18.3 Å². The van der Waals surface area contributed by atoms with Gasteiger partial charge in [0.1, 0.15) is 0 Å². The van der Waals surface area contributed by atoms with Crippen LogP contribution >= 0.6 is 12.2 Å². The molecule has 27 heavy (non-hydrogen) atoms. The molecule has 1 N–H and O–H groups in total. The molecule has 0 radical (unpaired) electrons. The highest BCUT2D eigenvalue weighted by Gasteiger charge is 2.40. The van der Waals surface area contributed by atoms with Gasteiger partial charge in [0.15, 0.2) is 5.11 Å². The average molecular weight is 386 g/mol.